The molecule has 2 N–H and O–H groups in total. The van der Waals surface area contributed by atoms with Crippen LogP contribution in [0.1, 0.15) is 32.1 Å². The summed E-state index contributed by atoms with van der Waals surface area (Å²) in [4.78, 5) is 11.8. The minimum atomic E-state index is -0.412. The highest BCUT2D eigenvalue weighted by Gasteiger charge is 2.24. The minimum Gasteiger partial charge on any atom is -0.497 e. The van der Waals surface area contributed by atoms with Crippen molar-refractivity contribution in [2.24, 2.45) is 0 Å². The second kappa shape index (κ2) is 7.88. The van der Waals surface area contributed by atoms with Crippen molar-refractivity contribution >= 4 is 5.91 Å². The van der Waals surface area contributed by atoms with Crippen molar-refractivity contribution in [1.82, 2.24) is 5.32 Å². The van der Waals surface area contributed by atoms with E-state index in [1.807, 2.05) is 24.3 Å². The molecule has 5 nitrogen and oxygen atoms in total. The van der Waals surface area contributed by atoms with Crippen LogP contribution in [0.5, 0.6) is 11.5 Å². The van der Waals surface area contributed by atoms with Crippen LogP contribution < -0.4 is 14.8 Å². The van der Waals surface area contributed by atoms with Crippen LogP contribution in [0, 0.1) is 0 Å². The zero-order valence-electron chi connectivity index (χ0n) is 12.4. The molecule has 0 heterocycles. The van der Waals surface area contributed by atoms with Crippen molar-refractivity contribution in [2.45, 2.75) is 44.2 Å². The molecule has 1 aromatic rings. The maximum atomic E-state index is 11.8. The van der Waals surface area contributed by atoms with Gasteiger partial charge in [0.2, 0.25) is 5.91 Å². The smallest absolute Gasteiger partial charge is 0.223 e. The molecule has 2 unspecified atom stereocenters. The summed E-state index contributed by atoms with van der Waals surface area (Å²) in [6, 6.07) is 7.14. The fourth-order valence-electron chi connectivity index (χ4n) is 2.49. The van der Waals surface area contributed by atoms with Crippen LogP contribution in [0.15, 0.2) is 24.3 Å². The Morgan fingerprint density at radius 3 is 2.57 bits per heavy atom. The van der Waals surface area contributed by atoms with Crippen LogP contribution in [0.4, 0.5) is 0 Å². The Morgan fingerprint density at radius 2 is 1.90 bits per heavy atom. The Kier molecular flexibility index (Phi) is 5.87. The van der Waals surface area contributed by atoms with Gasteiger partial charge in [0.15, 0.2) is 0 Å². The van der Waals surface area contributed by atoms with Crippen molar-refractivity contribution in [3.8, 4) is 11.5 Å². The topological polar surface area (TPSA) is 67.8 Å². The molecular formula is C16H23NO4. The van der Waals surface area contributed by atoms with Crippen LogP contribution in [0.2, 0.25) is 0 Å². The van der Waals surface area contributed by atoms with E-state index in [4.69, 9.17) is 9.47 Å². The molecule has 2 atom stereocenters. The van der Waals surface area contributed by atoms with Gasteiger partial charge in [0.05, 0.1) is 32.3 Å². The van der Waals surface area contributed by atoms with E-state index in [1.165, 1.54) is 0 Å². The van der Waals surface area contributed by atoms with Gasteiger partial charge in [-0.05, 0) is 37.1 Å². The maximum Gasteiger partial charge on any atom is 0.223 e. The molecule has 0 saturated heterocycles. The average Bonchev–Trinajstić information content (AvgIpc) is 2.50. The second-order valence-electron chi connectivity index (χ2n) is 5.30. The number of aliphatic hydroxyl groups is 1. The van der Waals surface area contributed by atoms with Gasteiger partial charge in [-0.3, -0.25) is 4.79 Å². The lowest BCUT2D eigenvalue weighted by molar-refractivity contribution is -0.123. The van der Waals surface area contributed by atoms with Crippen molar-refractivity contribution < 1.29 is 19.4 Å². The Bertz CT molecular complexity index is 446. The molecule has 1 aromatic carbocycles. The van der Waals surface area contributed by atoms with Crippen LogP contribution in [0.25, 0.3) is 0 Å². The third kappa shape index (κ3) is 4.93. The summed E-state index contributed by atoms with van der Waals surface area (Å²) in [5.74, 6) is 1.40. The number of nitrogens with one attached hydrogen (secondary N) is 1. The van der Waals surface area contributed by atoms with Gasteiger partial charge in [-0.2, -0.15) is 0 Å². The van der Waals surface area contributed by atoms with Gasteiger partial charge in [0, 0.05) is 0 Å². The van der Waals surface area contributed by atoms with Gasteiger partial charge in [0.25, 0.3) is 0 Å². The van der Waals surface area contributed by atoms with Gasteiger partial charge in [-0.25, -0.2) is 0 Å². The van der Waals surface area contributed by atoms with Crippen LogP contribution in [-0.2, 0) is 4.79 Å². The fraction of sp³-hybridized carbons (Fsp3) is 0.562. The largest absolute Gasteiger partial charge is 0.497 e. The van der Waals surface area contributed by atoms with Gasteiger partial charge < -0.3 is 19.9 Å². The lowest BCUT2D eigenvalue weighted by Crippen LogP contribution is -2.45. The highest BCUT2D eigenvalue weighted by atomic mass is 16.5. The highest BCUT2D eigenvalue weighted by molar-refractivity contribution is 5.76. The number of hydrogen-bond donors (Lipinski definition) is 2. The zero-order chi connectivity index (χ0) is 15.1. The molecule has 1 amide bonds. The zero-order valence-corrected chi connectivity index (χ0v) is 12.4. The van der Waals surface area contributed by atoms with Crippen molar-refractivity contribution in [2.75, 3.05) is 13.7 Å². The molecule has 0 aliphatic heterocycles. The number of carbonyl (C=O) groups excluding carboxylic acids is 1. The number of amides is 1. The van der Waals surface area contributed by atoms with Gasteiger partial charge in [-0.1, -0.05) is 12.8 Å². The second-order valence-corrected chi connectivity index (χ2v) is 5.30. The Labute approximate surface area is 125 Å². The van der Waals surface area contributed by atoms with E-state index in [1.54, 1.807) is 7.11 Å². The molecule has 5 heteroatoms. The summed E-state index contributed by atoms with van der Waals surface area (Å²) >= 11 is 0. The molecule has 2 rings (SSSR count). The molecule has 0 spiro atoms. The molecule has 116 valence electrons. The lowest BCUT2D eigenvalue weighted by Gasteiger charge is -2.28. The number of benzene rings is 1. The average molecular weight is 293 g/mol. The van der Waals surface area contributed by atoms with Crippen molar-refractivity contribution in [1.29, 1.82) is 0 Å². The Balaban J connectivity index is 1.68. The maximum absolute atomic E-state index is 11.8. The number of hydrogen-bond acceptors (Lipinski definition) is 4. The fourth-order valence-corrected chi connectivity index (χ4v) is 2.49. The number of ether oxygens (including phenoxy) is 2. The number of rotatable bonds is 6. The molecule has 21 heavy (non-hydrogen) atoms. The number of methoxy groups -OCH3 is 1. The summed E-state index contributed by atoms with van der Waals surface area (Å²) in [5, 5.41) is 12.7. The highest BCUT2D eigenvalue weighted by Crippen LogP contribution is 2.19. The number of carbonyl (C=O) groups is 1. The summed E-state index contributed by atoms with van der Waals surface area (Å²) in [7, 11) is 1.61. The van der Waals surface area contributed by atoms with Gasteiger partial charge in [-0.15, -0.1) is 0 Å². The number of aliphatic hydroxyl groups excluding tert-OH is 1. The standard InChI is InChI=1S/C16H23NO4/c1-20-12-6-8-13(9-7-12)21-11-10-16(19)17-14-4-2-3-5-15(14)18/h6-9,14-15,18H,2-5,10-11H2,1H3,(H,17,19). The Morgan fingerprint density at radius 1 is 1.24 bits per heavy atom. The van der Waals surface area contributed by atoms with Gasteiger partial charge >= 0.3 is 0 Å². The molecule has 0 bridgehead atoms. The van der Waals surface area contributed by atoms with E-state index < -0.39 is 6.10 Å². The van der Waals surface area contributed by atoms with E-state index in [-0.39, 0.29) is 18.4 Å². The van der Waals surface area contributed by atoms with Gasteiger partial charge in [0.1, 0.15) is 11.5 Å². The SMILES string of the molecule is COc1ccc(OCCC(=O)NC2CCCCC2O)cc1. The lowest BCUT2D eigenvalue weighted by atomic mass is 9.92. The van der Waals surface area contributed by atoms with E-state index in [9.17, 15) is 9.90 Å². The predicted molar refractivity (Wildman–Crippen MR) is 79.5 cm³/mol. The molecule has 1 aliphatic rings. The first-order valence-corrected chi connectivity index (χ1v) is 7.43. The van der Waals surface area contributed by atoms with E-state index in [2.05, 4.69) is 5.32 Å². The van der Waals surface area contributed by atoms with Crippen molar-refractivity contribution in [3.05, 3.63) is 24.3 Å². The van der Waals surface area contributed by atoms with E-state index >= 15 is 0 Å². The molecule has 1 fully saturated rings. The molecule has 0 radical (unpaired) electrons. The summed E-state index contributed by atoms with van der Waals surface area (Å²) < 4.78 is 10.6. The predicted octanol–water partition coefficient (Wildman–Crippen LogP) is 1.88. The third-order valence-corrected chi connectivity index (χ3v) is 3.73. The summed E-state index contributed by atoms with van der Waals surface area (Å²) in [6.45, 7) is 0.320. The normalized spacial score (nSPS) is 21.6. The molecular weight excluding hydrogens is 270 g/mol. The van der Waals surface area contributed by atoms with Crippen LogP contribution >= 0.6 is 0 Å². The first-order chi connectivity index (χ1) is 10.2. The Hall–Kier alpha value is -1.75. The monoisotopic (exact) mass is 293 g/mol. The molecule has 1 aliphatic carbocycles. The first-order valence-electron chi connectivity index (χ1n) is 7.43. The molecule has 0 aromatic heterocycles. The van der Waals surface area contributed by atoms with Crippen LogP contribution in [0.3, 0.4) is 0 Å². The first kappa shape index (κ1) is 15.6. The quantitative estimate of drug-likeness (QED) is 0.840. The molecule has 1 saturated carbocycles. The summed E-state index contributed by atoms with van der Waals surface area (Å²) in [6.07, 6.45) is 3.60. The van der Waals surface area contributed by atoms with Crippen LogP contribution in [-0.4, -0.2) is 36.9 Å². The third-order valence-electron chi connectivity index (χ3n) is 3.73. The summed E-state index contributed by atoms with van der Waals surface area (Å²) in [5.41, 5.74) is 0. The minimum absolute atomic E-state index is 0.0746. The van der Waals surface area contributed by atoms with E-state index in [0.29, 0.717) is 12.4 Å². The van der Waals surface area contributed by atoms with Crippen molar-refractivity contribution in [3.63, 3.8) is 0 Å². The van der Waals surface area contributed by atoms with E-state index in [0.717, 1.165) is 31.4 Å².